The largest absolute Gasteiger partial charge is 0.482 e. The number of urea groups is 1. The topological polar surface area (TPSA) is 148 Å². The number of nitro benzene ring substituents is 1. The van der Waals surface area contributed by atoms with Crippen LogP contribution in [0.3, 0.4) is 0 Å². The Balaban J connectivity index is 1.48. The Morgan fingerprint density at radius 3 is 2.54 bits per heavy atom. The second kappa shape index (κ2) is 11.2. The summed E-state index contributed by atoms with van der Waals surface area (Å²) in [5.74, 6) is -2.10. The van der Waals surface area contributed by atoms with Crippen LogP contribution in [0.2, 0.25) is 5.02 Å². The van der Waals surface area contributed by atoms with Gasteiger partial charge in [-0.05, 0) is 66.9 Å². The Morgan fingerprint density at radius 2 is 1.85 bits per heavy atom. The third-order valence-corrected chi connectivity index (χ3v) is 6.11. The van der Waals surface area contributed by atoms with Crippen LogP contribution in [-0.2, 0) is 14.4 Å². The summed E-state index contributed by atoms with van der Waals surface area (Å²) in [6, 6.07) is 13.8. The molecule has 0 aromatic heterocycles. The van der Waals surface area contributed by atoms with Crippen LogP contribution in [0.25, 0.3) is 6.08 Å². The van der Waals surface area contributed by atoms with Gasteiger partial charge < -0.3 is 10.1 Å². The number of carbonyl (C=O) groups excluding carboxylic acids is 4. The number of benzene rings is 3. The summed E-state index contributed by atoms with van der Waals surface area (Å²) in [7, 11) is 0. The fraction of sp³-hybridized carbons (Fsp3) is 0.111. The minimum Gasteiger partial charge on any atom is -0.482 e. The van der Waals surface area contributed by atoms with Crippen molar-refractivity contribution in [3.05, 3.63) is 98.1 Å². The molecule has 11 nitrogen and oxygen atoms in total. The summed E-state index contributed by atoms with van der Waals surface area (Å²) < 4.78 is 5.51. The molecular weight excluding hydrogens is 528 g/mol. The third-order valence-electron chi connectivity index (χ3n) is 5.82. The van der Waals surface area contributed by atoms with E-state index in [4.69, 9.17) is 16.3 Å². The van der Waals surface area contributed by atoms with Gasteiger partial charge in [0.1, 0.15) is 11.3 Å². The second-order valence-electron chi connectivity index (χ2n) is 8.56. The molecule has 39 heavy (non-hydrogen) atoms. The van der Waals surface area contributed by atoms with Crippen molar-refractivity contribution < 1.29 is 28.8 Å². The molecular formula is C27H21ClN4O7. The summed E-state index contributed by atoms with van der Waals surface area (Å²) in [6.07, 6.45) is 1.22. The number of halogens is 1. The van der Waals surface area contributed by atoms with Crippen LogP contribution in [0.5, 0.6) is 5.75 Å². The summed E-state index contributed by atoms with van der Waals surface area (Å²) in [5, 5.41) is 16.0. The highest BCUT2D eigenvalue weighted by Gasteiger charge is 2.37. The molecule has 3 aromatic carbocycles. The average Bonchev–Trinajstić information content (AvgIpc) is 2.88. The first-order chi connectivity index (χ1) is 18.5. The van der Waals surface area contributed by atoms with E-state index in [0.29, 0.717) is 16.2 Å². The predicted octanol–water partition coefficient (Wildman–Crippen LogP) is 4.55. The Morgan fingerprint density at radius 1 is 1.08 bits per heavy atom. The molecule has 2 N–H and O–H groups in total. The van der Waals surface area contributed by atoms with Crippen molar-refractivity contribution in [3.63, 3.8) is 0 Å². The van der Waals surface area contributed by atoms with Crippen molar-refractivity contribution in [1.29, 1.82) is 0 Å². The molecule has 0 atom stereocenters. The monoisotopic (exact) mass is 548 g/mol. The molecule has 12 heteroatoms. The summed E-state index contributed by atoms with van der Waals surface area (Å²) >= 11 is 6.30. The van der Waals surface area contributed by atoms with E-state index >= 15 is 0 Å². The molecule has 1 heterocycles. The van der Waals surface area contributed by atoms with Gasteiger partial charge in [0, 0.05) is 17.8 Å². The molecule has 1 aliphatic heterocycles. The normalized spacial score (nSPS) is 14.3. The van der Waals surface area contributed by atoms with Gasteiger partial charge in [-0.3, -0.25) is 29.8 Å². The summed E-state index contributed by atoms with van der Waals surface area (Å²) in [5.41, 5.74) is 2.29. The number of hydrogen-bond acceptors (Lipinski definition) is 7. The van der Waals surface area contributed by atoms with Crippen LogP contribution in [0.4, 0.5) is 21.9 Å². The number of aryl methyl sites for hydroxylation is 2. The number of amides is 5. The lowest BCUT2D eigenvalue weighted by atomic mass is 10.1. The van der Waals surface area contributed by atoms with E-state index in [-0.39, 0.29) is 28.8 Å². The minimum atomic E-state index is -1.04. The highest BCUT2D eigenvalue weighted by molar-refractivity contribution is 6.39. The predicted molar refractivity (Wildman–Crippen MR) is 144 cm³/mol. The molecule has 5 amide bonds. The molecule has 0 radical (unpaired) electrons. The van der Waals surface area contributed by atoms with E-state index in [1.807, 2.05) is 31.3 Å². The van der Waals surface area contributed by atoms with Crippen LogP contribution in [0, 0.1) is 24.0 Å². The fourth-order valence-electron chi connectivity index (χ4n) is 3.69. The molecule has 1 aliphatic rings. The first-order valence-corrected chi connectivity index (χ1v) is 11.9. The highest BCUT2D eigenvalue weighted by atomic mass is 35.5. The van der Waals surface area contributed by atoms with Crippen molar-refractivity contribution in [2.75, 3.05) is 16.8 Å². The van der Waals surface area contributed by atoms with E-state index in [9.17, 15) is 29.3 Å². The van der Waals surface area contributed by atoms with Crippen LogP contribution in [0.15, 0.2) is 66.2 Å². The van der Waals surface area contributed by atoms with Gasteiger partial charge in [0.05, 0.1) is 15.6 Å². The lowest BCUT2D eigenvalue weighted by Gasteiger charge is -2.26. The fourth-order valence-corrected chi connectivity index (χ4v) is 3.93. The molecule has 0 unspecified atom stereocenters. The van der Waals surface area contributed by atoms with Crippen LogP contribution >= 0.6 is 11.6 Å². The van der Waals surface area contributed by atoms with E-state index < -0.39 is 34.2 Å². The zero-order valence-corrected chi connectivity index (χ0v) is 21.4. The van der Waals surface area contributed by atoms with Crippen molar-refractivity contribution in [2.45, 2.75) is 13.8 Å². The second-order valence-corrected chi connectivity index (χ2v) is 8.97. The number of imide groups is 2. The maximum absolute atomic E-state index is 13.1. The van der Waals surface area contributed by atoms with Crippen LogP contribution < -0.4 is 20.3 Å². The lowest BCUT2D eigenvalue weighted by Crippen LogP contribution is -2.54. The Bertz CT molecular complexity index is 1570. The number of rotatable bonds is 7. The molecule has 0 spiro atoms. The molecule has 0 saturated carbocycles. The maximum atomic E-state index is 13.1. The number of nitrogens with one attached hydrogen (secondary N) is 2. The van der Waals surface area contributed by atoms with Crippen LogP contribution in [0.1, 0.15) is 16.7 Å². The quantitative estimate of drug-likeness (QED) is 0.190. The number of nitrogens with zero attached hydrogens (tertiary/aromatic N) is 2. The Kier molecular flexibility index (Phi) is 7.73. The third kappa shape index (κ3) is 6.11. The Hall–Kier alpha value is -5.03. The number of carbonyl (C=O) groups is 4. The van der Waals surface area contributed by atoms with Crippen molar-refractivity contribution in [2.24, 2.45) is 0 Å². The van der Waals surface area contributed by atoms with E-state index in [2.05, 4.69) is 5.32 Å². The minimum absolute atomic E-state index is 0.0778. The van der Waals surface area contributed by atoms with Crippen molar-refractivity contribution in [1.82, 2.24) is 5.32 Å². The van der Waals surface area contributed by atoms with Gasteiger partial charge in [-0.15, -0.1) is 0 Å². The first-order valence-electron chi connectivity index (χ1n) is 11.5. The van der Waals surface area contributed by atoms with Gasteiger partial charge in [0.15, 0.2) is 6.61 Å². The molecule has 0 bridgehead atoms. The van der Waals surface area contributed by atoms with Gasteiger partial charge >= 0.3 is 6.03 Å². The number of ether oxygens (including phenoxy) is 1. The van der Waals surface area contributed by atoms with Gasteiger partial charge in [-0.1, -0.05) is 29.8 Å². The van der Waals surface area contributed by atoms with E-state index in [1.165, 1.54) is 42.5 Å². The Labute approximate surface area is 227 Å². The molecule has 3 aromatic rings. The van der Waals surface area contributed by atoms with E-state index in [1.54, 1.807) is 6.07 Å². The highest BCUT2D eigenvalue weighted by Crippen LogP contribution is 2.29. The van der Waals surface area contributed by atoms with Gasteiger partial charge in [-0.2, -0.15) is 0 Å². The van der Waals surface area contributed by atoms with Gasteiger partial charge in [0.2, 0.25) is 0 Å². The number of anilines is 2. The molecule has 198 valence electrons. The van der Waals surface area contributed by atoms with Gasteiger partial charge in [-0.25, -0.2) is 9.69 Å². The zero-order valence-electron chi connectivity index (χ0n) is 20.7. The first kappa shape index (κ1) is 27.0. The summed E-state index contributed by atoms with van der Waals surface area (Å²) in [6.45, 7) is 3.59. The SMILES string of the molecule is Cc1ccc(NC(=O)COc2ccc(/C=C3/C(=O)NC(=O)N(c4cccc([N+](=O)[O-])c4)C3=O)cc2Cl)cc1C. The van der Waals surface area contributed by atoms with Gasteiger partial charge in [0.25, 0.3) is 23.4 Å². The van der Waals surface area contributed by atoms with Crippen LogP contribution in [-0.4, -0.2) is 35.3 Å². The summed E-state index contributed by atoms with van der Waals surface area (Å²) in [4.78, 5) is 61.2. The standard InChI is InChI=1S/C27H21ClN4O7/c1-15-6-8-18(10-16(15)2)29-24(33)14-39-23-9-7-17(12-22(23)28)11-21-25(34)30-27(36)31(26(21)35)19-4-3-5-20(13-19)32(37)38/h3-13H,14H2,1-2H3,(H,29,33)(H,30,34,36)/b21-11-. The number of barbiturate groups is 1. The smallest absolute Gasteiger partial charge is 0.335 e. The maximum Gasteiger partial charge on any atom is 0.335 e. The molecule has 1 fully saturated rings. The average molecular weight is 549 g/mol. The molecule has 1 saturated heterocycles. The van der Waals surface area contributed by atoms with Crippen molar-refractivity contribution >= 4 is 58.5 Å². The number of nitro groups is 1. The molecule has 4 rings (SSSR count). The van der Waals surface area contributed by atoms with E-state index in [0.717, 1.165) is 17.2 Å². The lowest BCUT2D eigenvalue weighted by molar-refractivity contribution is -0.384. The zero-order chi connectivity index (χ0) is 28.3. The molecule has 0 aliphatic carbocycles. The number of hydrogen-bond donors (Lipinski definition) is 2. The van der Waals surface area contributed by atoms with Crippen molar-refractivity contribution in [3.8, 4) is 5.75 Å². The number of non-ortho nitro benzene ring substituents is 1.